The molecular weight excluding hydrogens is 458 g/mol. The largest absolute Gasteiger partial charge is 0.473 e. The van der Waals surface area contributed by atoms with Crippen molar-refractivity contribution in [2.45, 2.75) is 26.3 Å². The number of imidazole rings is 1. The molecule has 2 aromatic rings. The molecule has 2 saturated heterocycles. The minimum Gasteiger partial charge on any atom is -0.473 e. The number of aliphatic carboxylic acids is 2. The molecule has 3 heterocycles. The summed E-state index contributed by atoms with van der Waals surface area (Å²) in [4.78, 5) is 56.9. The van der Waals surface area contributed by atoms with Gasteiger partial charge in [-0.2, -0.15) is 0 Å². The first kappa shape index (κ1) is 25.9. The van der Waals surface area contributed by atoms with E-state index >= 15 is 0 Å². The summed E-state index contributed by atoms with van der Waals surface area (Å²) >= 11 is 0. The number of ether oxygens (including phenoxy) is 1. The number of fused-ring (bicyclic) bond motifs is 1. The predicted octanol–water partition coefficient (Wildman–Crippen LogP) is 1.23. The average Bonchev–Trinajstić information content (AvgIpc) is 3.27. The molecule has 1 aromatic carbocycles. The number of carbonyl (C=O) groups is 4. The molecule has 2 fully saturated rings. The second kappa shape index (κ2) is 12.2. The van der Waals surface area contributed by atoms with Gasteiger partial charge in [0, 0.05) is 32.1 Å². The van der Waals surface area contributed by atoms with Crippen molar-refractivity contribution in [3.63, 3.8) is 0 Å². The number of piperazine rings is 1. The number of H-pyrrole nitrogens is 1. The maximum absolute atomic E-state index is 12.9. The molecule has 0 bridgehead atoms. The monoisotopic (exact) mass is 489 g/mol. The number of nitrogens with zero attached hydrogens (tertiary/aromatic N) is 4. The van der Waals surface area contributed by atoms with E-state index in [1.807, 2.05) is 29.2 Å². The van der Waals surface area contributed by atoms with Gasteiger partial charge in [-0.1, -0.05) is 12.1 Å². The first-order chi connectivity index (χ1) is 16.8. The Bertz CT molecular complexity index is 995. The van der Waals surface area contributed by atoms with Crippen LogP contribution in [0, 0.1) is 5.92 Å². The Kier molecular flexibility index (Phi) is 9.01. The summed E-state index contributed by atoms with van der Waals surface area (Å²) in [7, 11) is 0. The molecule has 1 aromatic heterocycles. The number of aromatic amines is 1. The maximum atomic E-state index is 12.9. The molecule has 12 nitrogen and oxygen atoms in total. The number of piperidine rings is 1. The van der Waals surface area contributed by atoms with Crippen molar-refractivity contribution >= 4 is 35.0 Å². The Hall–Kier alpha value is -3.67. The first-order valence-electron chi connectivity index (χ1n) is 11.6. The maximum Gasteiger partial charge on any atom is 0.414 e. The lowest BCUT2D eigenvalue weighted by atomic mass is 9.95. The summed E-state index contributed by atoms with van der Waals surface area (Å²) in [6.07, 6.45) is 1.47. The summed E-state index contributed by atoms with van der Waals surface area (Å²) < 4.78 is 5.04. The van der Waals surface area contributed by atoms with Gasteiger partial charge in [0.15, 0.2) is 0 Å². The zero-order valence-electron chi connectivity index (χ0n) is 19.7. The SMILES string of the molecule is CCOC(=O)N1CCN(C(=O)C2CCN(Cc3nc4ccccc4[nH]3)CC2)CC1.O=C(O)C(=O)O. The van der Waals surface area contributed by atoms with E-state index in [-0.39, 0.29) is 17.9 Å². The first-order valence-corrected chi connectivity index (χ1v) is 11.6. The third kappa shape index (κ3) is 7.15. The van der Waals surface area contributed by atoms with Crippen LogP contribution in [0.15, 0.2) is 24.3 Å². The Morgan fingerprint density at radius 1 is 0.971 bits per heavy atom. The van der Waals surface area contributed by atoms with Crippen LogP contribution >= 0.6 is 0 Å². The standard InChI is InChI=1S/C21H29N5O3.C2H2O4/c1-2-29-21(28)26-13-11-25(12-14-26)20(27)16-7-9-24(10-8-16)15-19-22-17-5-3-4-6-18(17)23-19;3-1(4)2(5)6/h3-6,16H,2,7-15H2,1H3,(H,22,23);(H,3,4)(H,5,6). The van der Waals surface area contributed by atoms with Crippen molar-refractivity contribution in [1.82, 2.24) is 24.7 Å². The van der Waals surface area contributed by atoms with Gasteiger partial charge in [-0.05, 0) is 45.0 Å². The summed E-state index contributed by atoms with van der Waals surface area (Å²) in [5.74, 6) is -2.36. The van der Waals surface area contributed by atoms with Crippen LogP contribution in [0.5, 0.6) is 0 Å². The Morgan fingerprint density at radius 2 is 1.57 bits per heavy atom. The molecule has 2 amide bonds. The Balaban J connectivity index is 0.000000509. The van der Waals surface area contributed by atoms with Gasteiger partial charge in [-0.3, -0.25) is 9.69 Å². The highest BCUT2D eigenvalue weighted by atomic mass is 16.6. The number of carbonyl (C=O) groups excluding carboxylic acids is 2. The van der Waals surface area contributed by atoms with E-state index in [4.69, 9.17) is 24.5 Å². The molecule has 0 saturated carbocycles. The Labute approximate surface area is 202 Å². The molecule has 35 heavy (non-hydrogen) atoms. The summed E-state index contributed by atoms with van der Waals surface area (Å²) in [6, 6.07) is 8.06. The molecule has 3 N–H and O–H groups in total. The van der Waals surface area contributed by atoms with Crippen molar-refractivity contribution in [1.29, 1.82) is 0 Å². The van der Waals surface area contributed by atoms with Gasteiger partial charge in [-0.15, -0.1) is 0 Å². The molecule has 0 atom stereocenters. The quantitative estimate of drug-likeness (QED) is 0.538. The zero-order valence-corrected chi connectivity index (χ0v) is 19.7. The minimum atomic E-state index is -1.82. The van der Waals surface area contributed by atoms with E-state index in [1.54, 1.807) is 11.8 Å². The molecule has 12 heteroatoms. The number of hydrogen-bond donors (Lipinski definition) is 3. The minimum absolute atomic E-state index is 0.0797. The topological polar surface area (TPSA) is 156 Å². The highest BCUT2D eigenvalue weighted by Crippen LogP contribution is 2.22. The number of likely N-dealkylation sites (tertiary alicyclic amines) is 1. The number of nitrogens with one attached hydrogen (secondary N) is 1. The van der Waals surface area contributed by atoms with Crippen LogP contribution < -0.4 is 0 Å². The molecule has 2 aliphatic rings. The fourth-order valence-corrected chi connectivity index (χ4v) is 4.21. The van der Waals surface area contributed by atoms with Crippen LogP contribution in [0.3, 0.4) is 0 Å². The average molecular weight is 490 g/mol. The van der Waals surface area contributed by atoms with Crippen LogP contribution in [-0.4, -0.2) is 105 Å². The van der Waals surface area contributed by atoms with Gasteiger partial charge in [0.1, 0.15) is 5.82 Å². The third-order valence-electron chi connectivity index (χ3n) is 6.05. The predicted molar refractivity (Wildman–Crippen MR) is 125 cm³/mol. The normalized spacial score (nSPS) is 16.9. The van der Waals surface area contributed by atoms with E-state index in [0.29, 0.717) is 32.8 Å². The van der Waals surface area contributed by atoms with Crippen LogP contribution in [0.2, 0.25) is 0 Å². The van der Waals surface area contributed by atoms with Gasteiger partial charge < -0.3 is 29.7 Å². The molecule has 2 aliphatic heterocycles. The summed E-state index contributed by atoms with van der Waals surface area (Å²) in [5.41, 5.74) is 2.06. The van der Waals surface area contributed by atoms with Crippen molar-refractivity contribution in [2.75, 3.05) is 45.9 Å². The van der Waals surface area contributed by atoms with Crippen molar-refractivity contribution < 1.29 is 34.1 Å². The number of carboxylic acids is 2. The van der Waals surface area contributed by atoms with Gasteiger partial charge >= 0.3 is 18.0 Å². The number of amides is 2. The van der Waals surface area contributed by atoms with E-state index in [9.17, 15) is 9.59 Å². The molecule has 0 unspecified atom stereocenters. The lowest BCUT2D eigenvalue weighted by Gasteiger charge is -2.38. The van der Waals surface area contributed by atoms with Crippen LogP contribution in [0.1, 0.15) is 25.6 Å². The highest BCUT2D eigenvalue weighted by molar-refractivity contribution is 6.27. The lowest BCUT2D eigenvalue weighted by Crippen LogP contribution is -2.53. The van der Waals surface area contributed by atoms with E-state index < -0.39 is 11.9 Å². The van der Waals surface area contributed by atoms with Gasteiger partial charge in [0.25, 0.3) is 0 Å². The molecular formula is C23H31N5O7. The molecule has 190 valence electrons. The lowest BCUT2D eigenvalue weighted by molar-refractivity contribution is -0.159. The fraction of sp³-hybridized carbons (Fsp3) is 0.522. The fourth-order valence-electron chi connectivity index (χ4n) is 4.21. The van der Waals surface area contributed by atoms with Crippen molar-refractivity contribution in [3.8, 4) is 0 Å². The molecule has 4 rings (SSSR count). The van der Waals surface area contributed by atoms with E-state index in [1.165, 1.54) is 0 Å². The smallest absolute Gasteiger partial charge is 0.414 e. The number of carboxylic acid groups (broad SMARTS) is 2. The number of para-hydroxylation sites is 2. The van der Waals surface area contributed by atoms with E-state index in [2.05, 4.69) is 14.9 Å². The number of hydrogen-bond acceptors (Lipinski definition) is 7. The van der Waals surface area contributed by atoms with E-state index in [0.717, 1.165) is 49.3 Å². The Morgan fingerprint density at radius 3 is 2.14 bits per heavy atom. The molecule has 0 radical (unpaired) electrons. The second-order valence-corrected chi connectivity index (χ2v) is 8.37. The third-order valence-corrected chi connectivity index (χ3v) is 6.05. The van der Waals surface area contributed by atoms with Crippen molar-refractivity contribution in [3.05, 3.63) is 30.1 Å². The van der Waals surface area contributed by atoms with Crippen LogP contribution in [0.4, 0.5) is 4.79 Å². The molecule has 0 spiro atoms. The van der Waals surface area contributed by atoms with Crippen molar-refractivity contribution in [2.24, 2.45) is 5.92 Å². The van der Waals surface area contributed by atoms with Gasteiger partial charge in [0.2, 0.25) is 5.91 Å². The number of aromatic nitrogens is 2. The van der Waals surface area contributed by atoms with Crippen LogP contribution in [-0.2, 0) is 25.7 Å². The summed E-state index contributed by atoms with van der Waals surface area (Å²) in [5, 5.41) is 14.8. The number of benzene rings is 1. The van der Waals surface area contributed by atoms with Crippen LogP contribution in [0.25, 0.3) is 11.0 Å². The van der Waals surface area contributed by atoms with Gasteiger partial charge in [-0.25, -0.2) is 19.4 Å². The highest BCUT2D eigenvalue weighted by Gasteiger charge is 2.31. The summed E-state index contributed by atoms with van der Waals surface area (Å²) in [6.45, 7) is 7.06. The van der Waals surface area contributed by atoms with Gasteiger partial charge in [0.05, 0.1) is 24.2 Å². The molecule has 0 aliphatic carbocycles. The number of rotatable bonds is 4. The second-order valence-electron chi connectivity index (χ2n) is 8.37. The zero-order chi connectivity index (χ0) is 25.4.